The summed E-state index contributed by atoms with van der Waals surface area (Å²) in [5.41, 5.74) is 3.45. The molecule has 1 fully saturated rings. The first-order valence-corrected chi connectivity index (χ1v) is 7.51. The molecule has 1 aliphatic rings. The molecule has 5 nitrogen and oxygen atoms in total. The van der Waals surface area contributed by atoms with Crippen molar-refractivity contribution in [1.82, 2.24) is 14.8 Å². The van der Waals surface area contributed by atoms with Crippen LogP contribution in [-0.2, 0) is 17.7 Å². The van der Waals surface area contributed by atoms with Crippen LogP contribution in [0.3, 0.4) is 0 Å². The van der Waals surface area contributed by atoms with Gasteiger partial charge in [-0.05, 0) is 31.7 Å². The number of hydrogen-bond donors (Lipinski definition) is 1. The number of rotatable bonds is 4. The standard InChI is InChI=1S/C15H22N4O/c1-3-11-9-16-15-13(10-17-19(15)4-2)14(11)18-12-5-7-20-8-6-12/h9-10,12H,3-8H2,1-2H3,(H,16,18). The second kappa shape index (κ2) is 5.79. The molecule has 1 aliphatic heterocycles. The SMILES string of the molecule is CCc1cnc2c(cnn2CC)c1NC1CCOCC1. The van der Waals surface area contributed by atoms with Gasteiger partial charge in [-0.15, -0.1) is 0 Å². The Morgan fingerprint density at radius 2 is 2.10 bits per heavy atom. The van der Waals surface area contributed by atoms with Crippen molar-refractivity contribution in [2.24, 2.45) is 0 Å². The van der Waals surface area contributed by atoms with E-state index in [1.54, 1.807) is 0 Å². The van der Waals surface area contributed by atoms with Gasteiger partial charge in [-0.25, -0.2) is 9.67 Å². The van der Waals surface area contributed by atoms with Crippen molar-refractivity contribution in [2.45, 2.75) is 45.7 Å². The number of hydrogen-bond acceptors (Lipinski definition) is 4. The van der Waals surface area contributed by atoms with Crippen LogP contribution in [0.15, 0.2) is 12.4 Å². The lowest BCUT2D eigenvalue weighted by Gasteiger charge is -2.25. The fraction of sp³-hybridized carbons (Fsp3) is 0.600. The van der Waals surface area contributed by atoms with Gasteiger partial charge in [-0.2, -0.15) is 5.10 Å². The van der Waals surface area contributed by atoms with Gasteiger partial charge in [0.1, 0.15) is 0 Å². The molecule has 5 heteroatoms. The monoisotopic (exact) mass is 274 g/mol. The van der Waals surface area contributed by atoms with Crippen molar-refractivity contribution < 1.29 is 4.74 Å². The van der Waals surface area contributed by atoms with Crippen LogP contribution in [0, 0.1) is 0 Å². The maximum Gasteiger partial charge on any atom is 0.159 e. The summed E-state index contributed by atoms with van der Waals surface area (Å²) in [5, 5.41) is 9.28. The molecular formula is C15H22N4O. The maximum atomic E-state index is 5.43. The Hall–Kier alpha value is -1.62. The highest BCUT2D eigenvalue weighted by molar-refractivity contribution is 5.90. The summed E-state index contributed by atoms with van der Waals surface area (Å²) in [6.45, 7) is 6.80. The molecule has 108 valence electrons. The molecule has 2 aromatic heterocycles. The average Bonchev–Trinajstić information content (AvgIpc) is 2.92. The van der Waals surface area contributed by atoms with Crippen molar-refractivity contribution in [2.75, 3.05) is 18.5 Å². The van der Waals surface area contributed by atoms with E-state index in [2.05, 4.69) is 29.2 Å². The summed E-state index contributed by atoms with van der Waals surface area (Å²) in [4.78, 5) is 4.57. The van der Waals surface area contributed by atoms with Gasteiger partial charge in [0.2, 0.25) is 0 Å². The number of nitrogens with one attached hydrogen (secondary N) is 1. The fourth-order valence-corrected chi connectivity index (χ4v) is 2.78. The van der Waals surface area contributed by atoms with Gasteiger partial charge in [0.25, 0.3) is 0 Å². The van der Waals surface area contributed by atoms with Gasteiger partial charge < -0.3 is 10.1 Å². The molecule has 0 spiro atoms. The van der Waals surface area contributed by atoms with Gasteiger partial charge >= 0.3 is 0 Å². The van der Waals surface area contributed by atoms with Crippen LogP contribution in [0.5, 0.6) is 0 Å². The van der Waals surface area contributed by atoms with Gasteiger partial charge in [-0.1, -0.05) is 6.92 Å². The Morgan fingerprint density at radius 1 is 1.30 bits per heavy atom. The minimum absolute atomic E-state index is 0.490. The number of anilines is 1. The lowest BCUT2D eigenvalue weighted by Crippen LogP contribution is -2.28. The molecule has 0 aromatic carbocycles. The summed E-state index contributed by atoms with van der Waals surface area (Å²) < 4.78 is 7.38. The Balaban J connectivity index is 1.99. The smallest absolute Gasteiger partial charge is 0.159 e. The molecule has 2 aromatic rings. The third kappa shape index (κ3) is 2.38. The van der Waals surface area contributed by atoms with Crippen LogP contribution in [0.25, 0.3) is 11.0 Å². The third-order valence-corrected chi connectivity index (χ3v) is 3.99. The van der Waals surface area contributed by atoms with Crippen LogP contribution in [0.1, 0.15) is 32.3 Å². The van der Waals surface area contributed by atoms with Crippen LogP contribution >= 0.6 is 0 Å². The zero-order valence-corrected chi connectivity index (χ0v) is 12.2. The number of pyridine rings is 1. The first-order chi connectivity index (χ1) is 9.83. The minimum Gasteiger partial charge on any atom is -0.381 e. The van der Waals surface area contributed by atoms with Crippen molar-refractivity contribution in [1.29, 1.82) is 0 Å². The zero-order valence-electron chi connectivity index (χ0n) is 12.2. The molecule has 3 rings (SSSR count). The molecule has 3 heterocycles. The summed E-state index contributed by atoms with van der Waals surface area (Å²) in [6.07, 6.45) is 7.03. The van der Waals surface area contributed by atoms with Gasteiger partial charge in [0.05, 0.1) is 17.3 Å². The molecule has 0 aliphatic carbocycles. The van der Waals surface area contributed by atoms with Gasteiger partial charge in [0, 0.05) is 32.0 Å². The van der Waals surface area contributed by atoms with Crippen molar-refractivity contribution >= 4 is 16.7 Å². The fourth-order valence-electron chi connectivity index (χ4n) is 2.78. The Labute approximate surface area is 119 Å². The number of aromatic nitrogens is 3. The number of ether oxygens (including phenoxy) is 1. The summed E-state index contributed by atoms with van der Waals surface area (Å²) in [6, 6.07) is 0.490. The second-order valence-corrected chi connectivity index (χ2v) is 5.24. The van der Waals surface area contributed by atoms with E-state index in [0.29, 0.717) is 6.04 Å². The van der Waals surface area contributed by atoms with Gasteiger partial charge in [-0.3, -0.25) is 0 Å². The largest absolute Gasteiger partial charge is 0.381 e. The van der Waals surface area contributed by atoms with Crippen molar-refractivity contribution in [3.63, 3.8) is 0 Å². The first kappa shape index (κ1) is 13.4. The Kier molecular flexibility index (Phi) is 3.87. The molecule has 0 amide bonds. The topological polar surface area (TPSA) is 52.0 Å². The Morgan fingerprint density at radius 3 is 2.80 bits per heavy atom. The normalized spacial score (nSPS) is 16.7. The maximum absolute atomic E-state index is 5.43. The van der Waals surface area contributed by atoms with Gasteiger partial charge in [0.15, 0.2) is 5.65 Å². The lowest BCUT2D eigenvalue weighted by molar-refractivity contribution is 0.0904. The molecule has 1 N–H and O–H groups in total. The van der Waals surface area contributed by atoms with Crippen LogP contribution in [0.2, 0.25) is 0 Å². The Bertz CT molecular complexity index is 587. The number of fused-ring (bicyclic) bond motifs is 1. The molecular weight excluding hydrogens is 252 g/mol. The molecule has 0 unspecified atom stereocenters. The predicted octanol–water partition coefficient (Wildman–Crippen LogP) is 2.60. The second-order valence-electron chi connectivity index (χ2n) is 5.24. The van der Waals surface area contributed by atoms with Crippen LogP contribution in [0.4, 0.5) is 5.69 Å². The van der Waals surface area contributed by atoms with Crippen LogP contribution < -0.4 is 5.32 Å². The molecule has 0 atom stereocenters. The molecule has 0 bridgehead atoms. The predicted molar refractivity (Wildman–Crippen MR) is 80.0 cm³/mol. The highest BCUT2D eigenvalue weighted by Crippen LogP contribution is 2.28. The van der Waals surface area contributed by atoms with E-state index in [9.17, 15) is 0 Å². The summed E-state index contributed by atoms with van der Waals surface area (Å²) >= 11 is 0. The third-order valence-electron chi connectivity index (χ3n) is 3.99. The highest BCUT2D eigenvalue weighted by atomic mass is 16.5. The first-order valence-electron chi connectivity index (χ1n) is 7.51. The number of aryl methyl sites for hydroxylation is 2. The molecule has 1 saturated heterocycles. The lowest BCUT2D eigenvalue weighted by atomic mass is 10.1. The van der Waals surface area contributed by atoms with E-state index in [-0.39, 0.29) is 0 Å². The molecule has 0 saturated carbocycles. The minimum atomic E-state index is 0.490. The van der Waals surface area contributed by atoms with E-state index < -0.39 is 0 Å². The molecule has 20 heavy (non-hydrogen) atoms. The van der Waals surface area contributed by atoms with Crippen LogP contribution in [-0.4, -0.2) is 34.0 Å². The van der Waals surface area contributed by atoms with E-state index in [1.807, 2.05) is 17.1 Å². The zero-order chi connectivity index (χ0) is 13.9. The summed E-state index contributed by atoms with van der Waals surface area (Å²) in [5.74, 6) is 0. The number of nitrogens with zero attached hydrogens (tertiary/aromatic N) is 3. The van der Waals surface area contributed by atoms with Crippen molar-refractivity contribution in [3.8, 4) is 0 Å². The van der Waals surface area contributed by atoms with E-state index >= 15 is 0 Å². The molecule has 0 radical (unpaired) electrons. The summed E-state index contributed by atoms with van der Waals surface area (Å²) in [7, 11) is 0. The van der Waals surface area contributed by atoms with E-state index in [1.165, 1.54) is 11.3 Å². The van der Waals surface area contributed by atoms with E-state index in [4.69, 9.17) is 4.74 Å². The highest BCUT2D eigenvalue weighted by Gasteiger charge is 2.18. The van der Waals surface area contributed by atoms with Crippen molar-refractivity contribution in [3.05, 3.63) is 18.0 Å². The quantitative estimate of drug-likeness (QED) is 0.931. The average molecular weight is 274 g/mol. The van der Waals surface area contributed by atoms with E-state index in [0.717, 1.165) is 50.1 Å².